The zero-order valence-electron chi connectivity index (χ0n) is 13.6. The van der Waals surface area contributed by atoms with Crippen molar-refractivity contribution in [3.8, 4) is 17.1 Å². The van der Waals surface area contributed by atoms with E-state index in [1.165, 1.54) is 41.3 Å². The number of pyridine rings is 1. The second-order valence-corrected chi connectivity index (χ2v) is 6.28. The summed E-state index contributed by atoms with van der Waals surface area (Å²) in [6, 6.07) is 10.3. The number of halogens is 2. The van der Waals surface area contributed by atoms with Gasteiger partial charge in [-0.15, -0.1) is 11.3 Å². The number of nitrogens with one attached hydrogen (secondary N) is 1. The largest absolute Gasteiger partial charge is 0.296 e. The summed E-state index contributed by atoms with van der Waals surface area (Å²) in [7, 11) is 0. The number of amides is 1. The minimum Gasteiger partial charge on any atom is -0.296 e. The van der Waals surface area contributed by atoms with Crippen LogP contribution in [0.3, 0.4) is 0 Å². The van der Waals surface area contributed by atoms with Gasteiger partial charge >= 0.3 is 0 Å². The van der Waals surface area contributed by atoms with Crippen LogP contribution >= 0.6 is 11.3 Å². The van der Waals surface area contributed by atoms with Gasteiger partial charge in [-0.1, -0.05) is 12.1 Å². The van der Waals surface area contributed by atoms with Gasteiger partial charge in [0.25, 0.3) is 5.91 Å². The zero-order valence-corrected chi connectivity index (χ0v) is 14.5. The van der Waals surface area contributed by atoms with Crippen LogP contribution in [-0.2, 0) is 0 Å². The third-order valence-electron chi connectivity index (χ3n) is 3.65. The van der Waals surface area contributed by atoms with E-state index >= 15 is 0 Å². The number of nitrogens with zero attached hydrogens (tertiary/aromatic N) is 4. The molecule has 0 atom stereocenters. The maximum absolute atomic E-state index is 13.8. The Balaban J connectivity index is 1.52. The van der Waals surface area contributed by atoms with Crippen molar-refractivity contribution in [2.45, 2.75) is 0 Å². The monoisotopic (exact) mass is 383 g/mol. The van der Waals surface area contributed by atoms with Gasteiger partial charge < -0.3 is 0 Å². The molecule has 0 unspecified atom stereocenters. The first-order valence-corrected chi connectivity index (χ1v) is 8.68. The Labute approximate surface area is 156 Å². The minimum absolute atomic E-state index is 0.0963. The highest BCUT2D eigenvalue weighted by Crippen LogP contribution is 2.25. The number of para-hydroxylation sites is 1. The topological polar surface area (TPSA) is 72.7 Å². The highest BCUT2D eigenvalue weighted by Gasteiger charge is 2.15. The first-order valence-electron chi connectivity index (χ1n) is 7.80. The Morgan fingerprint density at radius 1 is 1.07 bits per heavy atom. The second kappa shape index (κ2) is 7.04. The summed E-state index contributed by atoms with van der Waals surface area (Å²) in [5.41, 5.74) is 0.765. The van der Waals surface area contributed by atoms with Gasteiger partial charge in [0, 0.05) is 17.8 Å². The van der Waals surface area contributed by atoms with Gasteiger partial charge in [-0.05, 0) is 30.3 Å². The average Bonchev–Trinajstić information content (AvgIpc) is 3.32. The molecule has 0 aliphatic rings. The Hall–Kier alpha value is -3.46. The number of anilines is 1. The molecular weight excluding hydrogens is 372 g/mol. The van der Waals surface area contributed by atoms with Crippen LogP contribution < -0.4 is 5.32 Å². The highest BCUT2D eigenvalue weighted by atomic mass is 32.1. The fourth-order valence-corrected chi connectivity index (χ4v) is 3.08. The summed E-state index contributed by atoms with van der Waals surface area (Å²) in [4.78, 5) is 20.5. The average molecular weight is 383 g/mol. The lowest BCUT2D eigenvalue weighted by Crippen LogP contribution is -2.13. The van der Waals surface area contributed by atoms with E-state index in [-0.39, 0.29) is 22.2 Å². The Kier molecular flexibility index (Phi) is 4.43. The molecule has 6 nitrogen and oxygen atoms in total. The van der Waals surface area contributed by atoms with Crippen LogP contribution in [0.25, 0.3) is 17.1 Å². The van der Waals surface area contributed by atoms with Gasteiger partial charge in [-0.2, -0.15) is 5.10 Å². The van der Waals surface area contributed by atoms with Crippen LogP contribution in [-0.4, -0.2) is 25.7 Å². The third-order valence-corrected chi connectivity index (χ3v) is 4.40. The smallest absolute Gasteiger partial charge is 0.277 e. The van der Waals surface area contributed by atoms with E-state index in [1.54, 1.807) is 23.6 Å². The van der Waals surface area contributed by atoms with Crippen molar-refractivity contribution >= 4 is 22.4 Å². The molecule has 9 heteroatoms. The van der Waals surface area contributed by atoms with Crippen LogP contribution in [0.2, 0.25) is 0 Å². The number of hydrogen-bond donors (Lipinski definition) is 1. The van der Waals surface area contributed by atoms with E-state index in [4.69, 9.17) is 0 Å². The maximum Gasteiger partial charge on any atom is 0.277 e. The van der Waals surface area contributed by atoms with Crippen molar-refractivity contribution < 1.29 is 13.6 Å². The van der Waals surface area contributed by atoms with Crippen molar-refractivity contribution in [3.63, 3.8) is 0 Å². The van der Waals surface area contributed by atoms with Gasteiger partial charge in [-0.3, -0.25) is 15.1 Å². The number of carbonyl (C=O) groups is 1. The lowest BCUT2D eigenvalue weighted by molar-refractivity contribution is 0.102. The van der Waals surface area contributed by atoms with Crippen molar-refractivity contribution in [1.82, 2.24) is 19.7 Å². The van der Waals surface area contributed by atoms with Gasteiger partial charge in [0.1, 0.15) is 22.9 Å². The number of aromatic nitrogens is 4. The summed E-state index contributed by atoms with van der Waals surface area (Å²) in [5.74, 6) is -1.45. The molecule has 0 saturated carbocycles. The molecule has 0 bridgehead atoms. The molecule has 4 aromatic rings. The van der Waals surface area contributed by atoms with Crippen molar-refractivity contribution in [3.05, 3.63) is 77.6 Å². The molecule has 0 fully saturated rings. The van der Waals surface area contributed by atoms with Crippen LogP contribution in [0.1, 0.15) is 10.5 Å². The fraction of sp³-hybridized carbons (Fsp3) is 0. The molecule has 134 valence electrons. The first-order chi connectivity index (χ1) is 13.1. The lowest BCUT2D eigenvalue weighted by Gasteiger charge is -2.02. The van der Waals surface area contributed by atoms with E-state index in [0.29, 0.717) is 5.69 Å². The van der Waals surface area contributed by atoms with Crippen molar-refractivity contribution in [1.29, 1.82) is 0 Å². The molecule has 1 N–H and O–H groups in total. The zero-order chi connectivity index (χ0) is 18.8. The SMILES string of the molecule is O=C(Nc1nc(-c2ncccc2F)cs1)c1ccn(-c2ccccc2F)n1. The van der Waals surface area contributed by atoms with E-state index in [1.807, 2.05) is 0 Å². The Morgan fingerprint density at radius 3 is 2.70 bits per heavy atom. The number of carbonyl (C=O) groups excluding carboxylic acids is 1. The van der Waals surface area contributed by atoms with E-state index in [9.17, 15) is 13.6 Å². The van der Waals surface area contributed by atoms with Crippen molar-refractivity contribution in [2.24, 2.45) is 0 Å². The second-order valence-electron chi connectivity index (χ2n) is 5.42. The number of rotatable bonds is 4. The molecule has 3 heterocycles. The van der Waals surface area contributed by atoms with Gasteiger partial charge in [0.05, 0.1) is 0 Å². The normalized spacial score (nSPS) is 10.7. The van der Waals surface area contributed by atoms with Crippen LogP contribution in [0.15, 0.2) is 60.2 Å². The molecule has 0 aliphatic heterocycles. The predicted molar refractivity (Wildman–Crippen MR) is 96.8 cm³/mol. The predicted octanol–water partition coefficient (Wildman–Crippen LogP) is 3.92. The minimum atomic E-state index is -0.507. The van der Waals surface area contributed by atoms with E-state index in [0.717, 1.165) is 11.3 Å². The van der Waals surface area contributed by atoms with Gasteiger partial charge in [0.15, 0.2) is 16.6 Å². The van der Waals surface area contributed by atoms with Gasteiger partial charge in [0.2, 0.25) is 0 Å². The number of hydrogen-bond acceptors (Lipinski definition) is 5. The number of thiazole rings is 1. The standard InChI is InChI=1S/C18H11F2N5OS/c19-11-4-1-2-6-15(11)25-9-7-13(24-25)17(26)23-18-22-14(10-27-18)16-12(20)5-3-8-21-16/h1-10H,(H,22,23,26). The highest BCUT2D eigenvalue weighted by molar-refractivity contribution is 7.14. The molecule has 0 aliphatic carbocycles. The molecule has 0 spiro atoms. The molecular formula is C18H11F2N5OS. The first kappa shape index (κ1) is 17.0. The molecule has 0 saturated heterocycles. The quantitative estimate of drug-likeness (QED) is 0.580. The van der Waals surface area contributed by atoms with Crippen LogP contribution in [0.4, 0.5) is 13.9 Å². The molecule has 3 aromatic heterocycles. The van der Waals surface area contributed by atoms with Crippen LogP contribution in [0.5, 0.6) is 0 Å². The molecule has 1 amide bonds. The van der Waals surface area contributed by atoms with Gasteiger partial charge in [-0.25, -0.2) is 18.4 Å². The summed E-state index contributed by atoms with van der Waals surface area (Å²) in [6.45, 7) is 0. The molecule has 27 heavy (non-hydrogen) atoms. The number of benzene rings is 1. The maximum atomic E-state index is 13.8. The summed E-state index contributed by atoms with van der Waals surface area (Å²) in [6.07, 6.45) is 2.95. The van der Waals surface area contributed by atoms with Crippen molar-refractivity contribution in [2.75, 3.05) is 5.32 Å². The molecule has 4 rings (SSSR count). The molecule has 1 aromatic carbocycles. The third kappa shape index (κ3) is 3.44. The summed E-state index contributed by atoms with van der Waals surface area (Å²) < 4.78 is 28.9. The summed E-state index contributed by atoms with van der Waals surface area (Å²) >= 11 is 1.14. The van der Waals surface area contributed by atoms with E-state index < -0.39 is 17.5 Å². The summed E-state index contributed by atoms with van der Waals surface area (Å²) in [5, 5.41) is 8.56. The molecule has 0 radical (unpaired) electrons. The fourth-order valence-electron chi connectivity index (χ4n) is 2.39. The Bertz CT molecular complexity index is 1120. The Morgan fingerprint density at radius 2 is 1.89 bits per heavy atom. The van der Waals surface area contributed by atoms with E-state index in [2.05, 4.69) is 20.4 Å². The van der Waals surface area contributed by atoms with Crippen LogP contribution in [0, 0.1) is 11.6 Å². The lowest BCUT2D eigenvalue weighted by atomic mass is 10.3.